The van der Waals surface area contributed by atoms with Crippen molar-refractivity contribution in [3.8, 4) is 0 Å². The third-order valence-corrected chi connectivity index (χ3v) is 13.1. The van der Waals surface area contributed by atoms with Crippen LogP contribution in [0.4, 0.5) is 14.9 Å². The number of halogens is 1. The Labute approximate surface area is 226 Å². The highest BCUT2D eigenvalue weighted by atomic mass is 28.4. The smallest absolute Gasteiger partial charge is 0.410 e. The van der Waals surface area contributed by atoms with E-state index >= 15 is 4.39 Å². The second kappa shape index (κ2) is 12.1. The first kappa shape index (κ1) is 29.9. The highest BCUT2D eigenvalue weighted by Crippen LogP contribution is 2.38. The Morgan fingerprint density at radius 3 is 2.00 bits per heavy atom. The average molecular weight is 535 g/mol. The predicted octanol–water partition coefficient (Wildman–Crippen LogP) is 7.99. The van der Waals surface area contributed by atoms with Crippen LogP contribution < -0.4 is 4.90 Å². The molecule has 0 radical (unpaired) electrons. The largest absolute Gasteiger partial charge is 0.444 e. The molecule has 0 bridgehead atoms. The van der Waals surface area contributed by atoms with Gasteiger partial charge in [-0.1, -0.05) is 45.7 Å². The summed E-state index contributed by atoms with van der Waals surface area (Å²) in [5, 5.41) is 0.109. The lowest BCUT2D eigenvalue weighted by Gasteiger charge is -2.37. The first-order valence-corrected chi connectivity index (χ1v) is 17.2. The number of piperidine rings is 2. The van der Waals surface area contributed by atoms with Gasteiger partial charge in [0.1, 0.15) is 5.60 Å². The van der Waals surface area contributed by atoms with Crippen LogP contribution in [0.25, 0.3) is 0 Å². The molecule has 2 saturated heterocycles. The Balaban J connectivity index is 1.43. The molecular formula is C30H51FN2O3Si. The molecule has 7 heteroatoms. The van der Waals surface area contributed by atoms with Crippen LogP contribution in [-0.4, -0.2) is 51.1 Å². The van der Waals surface area contributed by atoms with Crippen LogP contribution in [0.1, 0.15) is 85.6 Å². The van der Waals surface area contributed by atoms with E-state index in [2.05, 4.69) is 38.8 Å². The zero-order chi connectivity index (χ0) is 27.4. The van der Waals surface area contributed by atoms with Gasteiger partial charge in [0.05, 0.1) is 12.3 Å². The van der Waals surface area contributed by atoms with Crippen LogP contribution in [0, 0.1) is 17.7 Å². The van der Waals surface area contributed by atoms with Crippen molar-refractivity contribution < 1.29 is 18.3 Å². The molecule has 0 aromatic heterocycles. The first-order valence-electron chi connectivity index (χ1n) is 14.3. The zero-order valence-corrected chi connectivity index (χ0v) is 25.7. The number of anilines is 1. The van der Waals surface area contributed by atoms with Crippen molar-refractivity contribution in [2.75, 3.05) is 31.1 Å². The van der Waals surface area contributed by atoms with Gasteiger partial charge in [0.2, 0.25) is 0 Å². The number of hydrogen-bond acceptors (Lipinski definition) is 4. The van der Waals surface area contributed by atoms with E-state index in [-0.39, 0.29) is 16.9 Å². The quantitative estimate of drug-likeness (QED) is 0.332. The number of nitrogens with zero attached hydrogens (tertiary/aromatic N) is 2. The minimum absolute atomic E-state index is 0.109. The lowest BCUT2D eigenvalue weighted by atomic mass is 9.85. The molecule has 210 valence electrons. The van der Waals surface area contributed by atoms with Crippen LogP contribution in [0.2, 0.25) is 18.1 Å². The van der Waals surface area contributed by atoms with Gasteiger partial charge in [-0.15, -0.1) is 0 Å². The molecule has 0 N–H and O–H groups in total. The molecule has 2 heterocycles. The molecule has 0 aliphatic carbocycles. The molecule has 3 rings (SSSR count). The normalized spacial score (nSPS) is 18.8. The molecule has 1 amide bonds. The summed E-state index contributed by atoms with van der Waals surface area (Å²) in [6, 6.07) is 5.76. The van der Waals surface area contributed by atoms with Crippen LogP contribution in [0.15, 0.2) is 18.2 Å². The summed E-state index contributed by atoms with van der Waals surface area (Å²) < 4.78 is 27.3. The average Bonchev–Trinajstić information content (AvgIpc) is 2.81. The van der Waals surface area contributed by atoms with Crippen LogP contribution in [-0.2, 0) is 15.8 Å². The Morgan fingerprint density at radius 2 is 1.49 bits per heavy atom. The number of rotatable bonds is 7. The standard InChI is InChI=1S/C30H51FN2O3Si/c1-29(2,3)36-28(34)33-20-16-24(17-21-33)13-12-23-14-18-32(19-15-23)26-11-9-10-25(27(26)31)22-35-37(7,8)30(4,5)6/h9-11,23-24H,12-22H2,1-8H3. The Kier molecular flexibility index (Phi) is 9.76. The van der Waals surface area contributed by atoms with E-state index in [1.807, 2.05) is 43.9 Å². The molecule has 2 aliphatic heterocycles. The molecule has 5 nitrogen and oxygen atoms in total. The second-order valence-corrected chi connectivity index (χ2v) is 18.5. The number of ether oxygens (including phenoxy) is 1. The van der Waals surface area contributed by atoms with Crippen molar-refractivity contribution in [1.82, 2.24) is 4.90 Å². The maximum absolute atomic E-state index is 15.5. The van der Waals surface area contributed by atoms with E-state index in [0.717, 1.165) is 57.5 Å². The van der Waals surface area contributed by atoms with Gasteiger partial charge in [-0.3, -0.25) is 0 Å². The molecule has 2 fully saturated rings. The molecule has 0 saturated carbocycles. The zero-order valence-electron chi connectivity index (χ0n) is 24.7. The fraction of sp³-hybridized carbons (Fsp3) is 0.767. The van der Waals surface area contributed by atoms with Gasteiger partial charge < -0.3 is 19.0 Å². The summed E-state index contributed by atoms with van der Waals surface area (Å²) in [6.07, 6.45) is 6.62. The van der Waals surface area contributed by atoms with E-state index in [1.165, 1.54) is 12.8 Å². The third kappa shape index (κ3) is 8.44. The topological polar surface area (TPSA) is 42.0 Å². The van der Waals surface area contributed by atoms with Gasteiger partial charge in [-0.05, 0) is 82.5 Å². The summed E-state index contributed by atoms with van der Waals surface area (Å²) >= 11 is 0. The SMILES string of the molecule is CC(C)(C)OC(=O)N1CCC(CCC2CCN(c3cccc(CO[Si](C)(C)C(C)(C)C)c3F)CC2)CC1. The van der Waals surface area contributed by atoms with Gasteiger partial charge >= 0.3 is 6.09 Å². The molecule has 0 spiro atoms. The van der Waals surface area contributed by atoms with Crippen LogP contribution >= 0.6 is 0 Å². The Morgan fingerprint density at radius 1 is 0.946 bits per heavy atom. The molecule has 1 aromatic carbocycles. The summed E-state index contributed by atoms with van der Waals surface area (Å²) in [5.41, 5.74) is 0.956. The predicted molar refractivity (Wildman–Crippen MR) is 153 cm³/mol. The summed E-state index contributed by atoms with van der Waals surface area (Å²) in [6.45, 7) is 20.6. The highest BCUT2D eigenvalue weighted by Gasteiger charge is 2.37. The maximum Gasteiger partial charge on any atom is 0.410 e. The van der Waals surface area contributed by atoms with Crippen molar-refractivity contribution in [3.63, 3.8) is 0 Å². The molecule has 0 atom stereocenters. The van der Waals surface area contributed by atoms with Crippen molar-refractivity contribution in [3.05, 3.63) is 29.6 Å². The van der Waals surface area contributed by atoms with Gasteiger partial charge in [-0.2, -0.15) is 0 Å². The van der Waals surface area contributed by atoms with E-state index in [4.69, 9.17) is 9.16 Å². The maximum atomic E-state index is 15.5. The lowest BCUT2D eigenvalue weighted by Crippen LogP contribution is -2.41. The third-order valence-electron chi connectivity index (χ3n) is 8.66. The van der Waals surface area contributed by atoms with Gasteiger partial charge in [0.25, 0.3) is 0 Å². The van der Waals surface area contributed by atoms with Crippen molar-refractivity contribution in [2.24, 2.45) is 11.8 Å². The van der Waals surface area contributed by atoms with Crippen molar-refractivity contribution in [1.29, 1.82) is 0 Å². The molecule has 1 aromatic rings. The number of carbonyl (C=O) groups excluding carboxylic acids is 1. The van der Waals surface area contributed by atoms with Crippen molar-refractivity contribution in [2.45, 2.75) is 110 Å². The number of likely N-dealkylation sites (tertiary alicyclic amines) is 1. The van der Waals surface area contributed by atoms with E-state index in [0.29, 0.717) is 24.0 Å². The van der Waals surface area contributed by atoms with E-state index in [1.54, 1.807) is 0 Å². The molecule has 0 unspecified atom stereocenters. The van der Waals surface area contributed by atoms with Gasteiger partial charge in [0, 0.05) is 31.7 Å². The fourth-order valence-corrected chi connectivity index (χ4v) is 6.01. The first-order chi connectivity index (χ1) is 17.2. The Hall–Kier alpha value is -1.60. The Bertz CT molecular complexity index is 893. The minimum Gasteiger partial charge on any atom is -0.444 e. The number of carbonyl (C=O) groups is 1. The number of benzene rings is 1. The molecule has 2 aliphatic rings. The summed E-state index contributed by atoms with van der Waals surface area (Å²) in [5.74, 6) is 1.27. The summed E-state index contributed by atoms with van der Waals surface area (Å²) in [7, 11) is -1.93. The fourth-order valence-electron chi connectivity index (χ4n) is 5.06. The van der Waals surface area contributed by atoms with E-state index < -0.39 is 13.9 Å². The van der Waals surface area contributed by atoms with Crippen LogP contribution in [0.5, 0.6) is 0 Å². The second-order valence-electron chi connectivity index (χ2n) is 13.7. The van der Waals surface area contributed by atoms with Crippen molar-refractivity contribution >= 4 is 20.1 Å². The van der Waals surface area contributed by atoms with Crippen LogP contribution in [0.3, 0.4) is 0 Å². The molecule has 37 heavy (non-hydrogen) atoms. The number of hydrogen-bond donors (Lipinski definition) is 0. The van der Waals surface area contributed by atoms with Gasteiger partial charge in [0.15, 0.2) is 14.1 Å². The lowest BCUT2D eigenvalue weighted by molar-refractivity contribution is 0.0178. The number of amides is 1. The monoisotopic (exact) mass is 534 g/mol. The van der Waals surface area contributed by atoms with E-state index in [9.17, 15) is 4.79 Å². The molecular weight excluding hydrogens is 483 g/mol. The summed E-state index contributed by atoms with van der Waals surface area (Å²) in [4.78, 5) is 16.4. The van der Waals surface area contributed by atoms with Gasteiger partial charge in [-0.25, -0.2) is 9.18 Å². The minimum atomic E-state index is -1.93. The highest BCUT2D eigenvalue weighted by molar-refractivity contribution is 6.74.